The maximum absolute atomic E-state index is 12.9. The van der Waals surface area contributed by atoms with Crippen LogP contribution >= 0.6 is 11.6 Å². The third kappa shape index (κ3) is 5.66. The summed E-state index contributed by atoms with van der Waals surface area (Å²) >= 11 is 6.12. The zero-order valence-corrected chi connectivity index (χ0v) is 19.2. The number of likely N-dealkylation sites (tertiary alicyclic amines) is 1. The molecule has 1 saturated heterocycles. The first-order chi connectivity index (χ1) is 14.7. The summed E-state index contributed by atoms with van der Waals surface area (Å²) in [6.07, 6.45) is 5.36. The van der Waals surface area contributed by atoms with Crippen LogP contribution in [0.5, 0.6) is 0 Å². The summed E-state index contributed by atoms with van der Waals surface area (Å²) in [4.78, 5) is 29.5. The lowest BCUT2D eigenvalue weighted by Gasteiger charge is -2.19. The lowest BCUT2D eigenvalue weighted by Crippen LogP contribution is -2.35. The van der Waals surface area contributed by atoms with E-state index in [1.807, 2.05) is 6.92 Å². The monoisotopic (exact) mass is 466 g/mol. The number of H-pyrrole nitrogens is 1. The summed E-state index contributed by atoms with van der Waals surface area (Å²) in [5, 5.41) is 2.99. The van der Waals surface area contributed by atoms with Crippen molar-refractivity contribution < 1.29 is 18.0 Å². The Morgan fingerprint density at radius 1 is 1.16 bits per heavy atom. The van der Waals surface area contributed by atoms with Crippen LogP contribution in [0, 0.1) is 6.92 Å². The largest absolute Gasteiger partial charge is 0.356 e. The average Bonchev–Trinajstić information content (AvgIpc) is 3.06. The molecule has 1 aromatic carbocycles. The van der Waals surface area contributed by atoms with E-state index in [1.165, 1.54) is 19.3 Å². The van der Waals surface area contributed by atoms with Crippen molar-refractivity contribution in [2.45, 2.75) is 37.5 Å². The number of halogens is 1. The second-order valence-corrected chi connectivity index (χ2v) is 10.2. The van der Waals surface area contributed by atoms with E-state index >= 15 is 0 Å². The number of hydrogen-bond donors (Lipinski definition) is 2. The summed E-state index contributed by atoms with van der Waals surface area (Å²) in [6, 6.07) is 6.50. The molecule has 0 bridgehead atoms. The van der Waals surface area contributed by atoms with Crippen molar-refractivity contribution in [3.05, 3.63) is 46.7 Å². The maximum Gasteiger partial charge on any atom is 0.270 e. The first-order valence-electron chi connectivity index (χ1n) is 10.2. The average molecular weight is 467 g/mol. The van der Waals surface area contributed by atoms with Gasteiger partial charge in [0.1, 0.15) is 10.6 Å². The minimum absolute atomic E-state index is 0.0608. The lowest BCUT2D eigenvalue weighted by molar-refractivity contribution is -0.116. The van der Waals surface area contributed by atoms with Crippen LogP contribution < -0.4 is 5.32 Å². The molecule has 0 spiro atoms. The molecule has 2 heterocycles. The molecular weight excluding hydrogens is 440 g/mol. The SMILES string of the molecule is Cc1ccc(NC(=O)CN(C)S(=O)(=O)c2c[nH]c(C(=O)N3CCCCCC3)c2)c(Cl)c1. The van der Waals surface area contributed by atoms with Crippen LogP contribution in [0.2, 0.25) is 5.02 Å². The summed E-state index contributed by atoms with van der Waals surface area (Å²) in [7, 11) is -2.64. The molecule has 1 aromatic heterocycles. The molecule has 1 fully saturated rings. The van der Waals surface area contributed by atoms with Crippen molar-refractivity contribution in [3.8, 4) is 0 Å². The minimum atomic E-state index is -3.96. The Hall–Kier alpha value is -2.36. The Balaban J connectivity index is 1.66. The van der Waals surface area contributed by atoms with Gasteiger partial charge in [-0.2, -0.15) is 4.31 Å². The van der Waals surface area contributed by atoms with Crippen LogP contribution in [-0.4, -0.2) is 61.1 Å². The molecule has 1 aliphatic rings. The van der Waals surface area contributed by atoms with Crippen molar-refractivity contribution >= 4 is 39.1 Å². The molecular formula is C21H27ClN4O4S. The van der Waals surface area contributed by atoms with Gasteiger partial charge in [0.05, 0.1) is 17.3 Å². The van der Waals surface area contributed by atoms with Gasteiger partial charge in [0, 0.05) is 26.3 Å². The number of benzene rings is 1. The number of likely N-dealkylation sites (N-methyl/N-ethyl adjacent to an activating group) is 1. The summed E-state index contributed by atoms with van der Waals surface area (Å²) in [5.41, 5.74) is 1.58. The molecule has 2 amide bonds. The number of sulfonamides is 1. The molecule has 1 aliphatic heterocycles. The van der Waals surface area contributed by atoms with E-state index in [-0.39, 0.29) is 16.5 Å². The fourth-order valence-corrected chi connectivity index (χ4v) is 4.87. The molecule has 0 radical (unpaired) electrons. The van der Waals surface area contributed by atoms with Gasteiger partial charge < -0.3 is 15.2 Å². The number of hydrogen-bond acceptors (Lipinski definition) is 4. The second kappa shape index (κ2) is 9.84. The van der Waals surface area contributed by atoms with E-state index in [9.17, 15) is 18.0 Å². The van der Waals surface area contributed by atoms with Crippen LogP contribution in [0.4, 0.5) is 5.69 Å². The van der Waals surface area contributed by atoms with Gasteiger partial charge in [0.25, 0.3) is 5.91 Å². The van der Waals surface area contributed by atoms with Gasteiger partial charge in [0.2, 0.25) is 15.9 Å². The van der Waals surface area contributed by atoms with Gasteiger partial charge in [-0.05, 0) is 43.5 Å². The predicted octanol–water partition coefficient (Wildman–Crippen LogP) is 3.25. The molecule has 0 atom stereocenters. The second-order valence-electron chi connectivity index (χ2n) is 7.75. The third-order valence-corrected chi connectivity index (χ3v) is 7.35. The lowest BCUT2D eigenvalue weighted by atomic mass is 10.2. The van der Waals surface area contributed by atoms with Crippen molar-refractivity contribution in [2.75, 3.05) is 32.0 Å². The molecule has 0 saturated carbocycles. The van der Waals surface area contributed by atoms with E-state index in [2.05, 4.69) is 10.3 Å². The molecule has 168 valence electrons. The van der Waals surface area contributed by atoms with Crippen LogP contribution in [0.1, 0.15) is 41.7 Å². The number of aromatic nitrogens is 1. The topological polar surface area (TPSA) is 103 Å². The number of amides is 2. The Kier molecular flexibility index (Phi) is 7.40. The number of nitrogens with zero attached hydrogens (tertiary/aromatic N) is 2. The van der Waals surface area contributed by atoms with E-state index in [4.69, 9.17) is 11.6 Å². The summed E-state index contributed by atoms with van der Waals surface area (Å²) in [6.45, 7) is 2.82. The highest BCUT2D eigenvalue weighted by Crippen LogP contribution is 2.23. The summed E-state index contributed by atoms with van der Waals surface area (Å²) in [5.74, 6) is -0.731. The Bertz CT molecular complexity index is 1060. The minimum Gasteiger partial charge on any atom is -0.356 e. The Labute approximate surface area is 187 Å². The number of nitrogens with one attached hydrogen (secondary N) is 2. The number of carbonyl (C=O) groups is 2. The van der Waals surface area contributed by atoms with Gasteiger partial charge in [-0.3, -0.25) is 9.59 Å². The highest BCUT2D eigenvalue weighted by Gasteiger charge is 2.27. The molecule has 31 heavy (non-hydrogen) atoms. The Morgan fingerprint density at radius 2 is 1.84 bits per heavy atom. The molecule has 2 aromatic rings. The van der Waals surface area contributed by atoms with Crippen molar-refractivity contribution in [1.29, 1.82) is 0 Å². The molecule has 2 N–H and O–H groups in total. The molecule has 0 aliphatic carbocycles. The van der Waals surface area contributed by atoms with Gasteiger partial charge >= 0.3 is 0 Å². The number of aryl methyl sites for hydroxylation is 1. The highest BCUT2D eigenvalue weighted by atomic mass is 35.5. The van der Waals surface area contributed by atoms with Crippen LogP contribution in [0.25, 0.3) is 0 Å². The van der Waals surface area contributed by atoms with Crippen molar-refractivity contribution in [2.24, 2.45) is 0 Å². The quantitative estimate of drug-likeness (QED) is 0.682. The zero-order valence-electron chi connectivity index (χ0n) is 17.7. The molecule has 10 heteroatoms. The number of rotatable bonds is 6. The third-order valence-electron chi connectivity index (χ3n) is 5.25. The van der Waals surface area contributed by atoms with E-state index in [1.54, 1.807) is 23.1 Å². The highest BCUT2D eigenvalue weighted by molar-refractivity contribution is 7.89. The Morgan fingerprint density at radius 3 is 2.48 bits per heavy atom. The van der Waals surface area contributed by atoms with E-state index in [0.717, 1.165) is 35.6 Å². The number of anilines is 1. The van der Waals surface area contributed by atoms with E-state index in [0.29, 0.717) is 23.8 Å². The van der Waals surface area contributed by atoms with Gasteiger partial charge in [0.15, 0.2) is 0 Å². The standard InChI is InChI=1S/C21H27ClN4O4S/c1-15-7-8-18(17(22)11-15)24-20(27)14-25(2)31(29,30)16-12-19(23-13-16)21(28)26-9-5-3-4-6-10-26/h7-8,11-13,23H,3-6,9-10,14H2,1-2H3,(H,24,27). The summed E-state index contributed by atoms with van der Waals surface area (Å²) < 4.78 is 26.7. The molecule has 3 rings (SSSR count). The smallest absolute Gasteiger partial charge is 0.270 e. The fourth-order valence-electron chi connectivity index (χ4n) is 3.47. The first-order valence-corrected chi connectivity index (χ1v) is 12.0. The van der Waals surface area contributed by atoms with E-state index < -0.39 is 22.5 Å². The van der Waals surface area contributed by atoms with Gasteiger partial charge in [-0.1, -0.05) is 30.5 Å². The first kappa shape index (κ1) is 23.3. The van der Waals surface area contributed by atoms with Crippen molar-refractivity contribution in [1.82, 2.24) is 14.2 Å². The van der Waals surface area contributed by atoms with Gasteiger partial charge in [-0.15, -0.1) is 0 Å². The van der Waals surface area contributed by atoms with Crippen molar-refractivity contribution in [3.63, 3.8) is 0 Å². The van der Waals surface area contributed by atoms with Crippen LogP contribution in [0.15, 0.2) is 35.4 Å². The number of aromatic amines is 1. The maximum atomic E-state index is 12.9. The van der Waals surface area contributed by atoms with Crippen LogP contribution in [-0.2, 0) is 14.8 Å². The van der Waals surface area contributed by atoms with Crippen LogP contribution in [0.3, 0.4) is 0 Å². The zero-order chi connectivity index (χ0) is 22.6. The normalized spacial score (nSPS) is 15.0. The predicted molar refractivity (Wildman–Crippen MR) is 120 cm³/mol. The molecule has 8 nitrogen and oxygen atoms in total. The fraction of sp³-hybridized carbons (Fsp3) is 0.429. The number of carbonyl (C=O) groups excluding carboxylic acids is 2. The molecule has 0 unspecified atom stereocenters. The van der Waals surface area contributed by atoms with Gasteiger partial charge in [-0.25, -0.2) is 8.42 Å².